The quantitative estimate of drug-likeness (QED) is 0.299. The van der Waals surface area contributed by atoms with Gasteiger partial charge in [-0.15, -0.1) is 24.0 Å². The number of guanidine groups is 1. The highest BCUT2D eigenvalue weighted by molar-refractivity contribution is 14.0. The molecule has 1 heterocycles. The molecule has 1 saturated heterocycles. The number of ether oxygens (including phenoxy) is 1. The number of nitrogens with two attached hydrogens (primary N) is 1. The third-order valence-electron chi connectivity index (χ3n) is 4.81. The van der Waals surface area contributed by atoms with E-state index in [0.717, 1.165) is 56.3 Å². The minimum absolute atomic E-state index is 0. The molecule has 0 spiro atoms. The van der Waals surface area contributed by atoms with Crippen LogP contribution in [-0.4, -0.2) is 68.5 Å². The highest BCUT2D eigenvalue weighted by atomic mass is 127. The lowest BCUT2D eigenvalue weighted by atomic mass is 9.95. The number of likely N-dealkylation sites (N-methyl/N-ethyl adjacent to an activating group) is 1. The molecule has 0 saturated carbocycles. The number of nitrogens with one attached hydrogen (secondary N) is 1. The molecule has 1 unspecified atom stereocenters. The molecule has 0 bridgehead atoms. The van der Waals surface area contributed by atoms with Gasteiger partial charge in [-0.05, 0) is 45.8 Å². The second-order valence-corrected chi connectivity index (χ2v) is 7.55. The number of para-hydroxylation sites is 1. The summed E-state index contributed by atoms with van der Waals surface area (Å²) in [6.45, 7) is 6.70. The predicted octanol–water partition coefficient (Wildman–Crippen LogP) is 2.30. The van der Waals surface area contributed by atoms with Crippen LogP contribution in [0.2, 0.25) is 0 Å². The number of benzene rings is 1. The highest BCUT2D eigenvalue weighted by Gasteiger charge is 2.23. The summed E-state index contributed by atoms with van der Waals surface area (Å²) >= 11 is 0. The number of piperidine rings is 1. The first-order chi connectivity index (χ1) is 13.5. The number of amides is 1. The predicted molar refractivity (Wildman–Crippen MR) is 129 cm³/mol. The fraction of sp³-hybridized carbons (Fsp3) is 0.619. The van der Waals surface area contributed by atoms with E-state index in [0.29, 0.717) is 25.5 Å². The van der Waals surface area contributed by atoms with E-state index in [9.17, 15) is 4.79 Å². The molecule has 3 N–H and O–H groups in total. The summed E-state index contributed by atoms with van der Waals surface area (Å²) in [5, 5.41) is 3.39. The van der Waals surface area contributed by atoms with Gasteiger partial charge in [-0.1, -0.05) is 18.2 Å². The molecule has 164 valence electrons. The zero-order valence-corrected chi connectivity index (χ0v) is 20.2. The van der Waals surface area contributed by atoms with Crippen LogP contribution in [0.3, 0.4) is 0 Å². The summed E-state index contributed by atoms with van der Waals surface area (Å²) in [6.07, 6.45) is 2.53. The lowest BCUT2D eigenvalue weighted by Crippen LogP contribution is -2.47. The summed E-state index contributed by atoms with van der Waals surface area (Å²) in [6, 6.07) is 8.06. The Bertz CT molecular complexity index is 654. The third kappa shape index (κ3) is 9.20. The average molecular weight is 517 g/mol. The van der Waals surface area contributed by atoms with E-state index in [1.807, 2.05) is 32.3 Å². The molecule has 1 atom stereocenters. The largest absolute Gasteiger partial charge is 0.492 e. The average Bonchev–Trinajstić information content (AvgIpc) is 2.65. The molecule has 8 heteroatoms. The van der Waals surface area contributed by atoms with Crippen LogP contribution in [0.4, 0.5) is 0 Å². The maximum absolute atomic E-state index is 11.3. The van der Waals surface area contributed by atoms with Crippen LogP contribution < -0.4 is 15.8 Å². The van der Waals surface area contributed by atoms with Crippen LogP contribution in [-0.2, 0) is 11.3 Å². The number of rotatable bonds is 9. The molecule has 0 aromatic heterocycles. The van der Waals surface area contributed by atoms with Crippen molar-refractivity contribution in [2.75, 3.05) is 46.9 Å². The number of hydrogen-bond acceptors (Lipinski definition) is 4. The van der Waals surface area contributed by atoms with E-state index in [2.05, 4.69) is 28.1 Å². The molecule has 1 aromatic rings. The molecule has 1 amide bonds. The van der Waals surface area contributed by atoms with Crippen LogP contribution in [0.15, 0.2) is 29.3 Å². The summed E-state index contributed by atoms with van der Waals surface area (Å²) in [4.78, 5) is 20.5. The Morgan fingerprint density at radius 1 is 1.38 bits per heavy atom. The lowest BCUT2D eigenvalue weighted by Gasteiger charge is -2.34. The molecule has 2 rings (SSSR count). The van der Waals surface area contributed by atoms with E-state index in [1.165, 1.54) is 0 Å². The number of halogens is 1. The van der Waals surface area contributed by atoms with Crippen molar-refractivity contribution < 1.29 is 9.53 Å². The van der Waals surface area contributed by atoms with E-state index >= 15 is 0 Å². The van der Waals surface area contributed by atoms with Crippen molar-refractivity contribution in [3.63, 3.8) is 0 Å². The summed E-state index contributed by atoms with van der Waals surface area (Å²) < 4.78 is 5.95. The Kier molecular flexibility index (Phi) is 12.0. The smallest absolute Gasteiger partial charge is 0.217 e. The Labute approximate surface area is 192 Å². The SMILES string of the molecule is CCNC(=NCc1ccccc1OCCN(C)C)N1CCCC(CC(N)=O)C1.I. The number of carbonyl (C=O) groups is 1. The van der Waals surface area contributed by atoms with Gasteiger partial charge >= 0.3 is 0 Å². The number of carbonyl (C=O) groups excluding carboxylic acids is 1. The second kappa shape index (κ2) is 13.6. The fourth-order valence-corrected chi connectivity index (χ4v) is 3.41. The van der Waals surface area contributed by atoms with Gasteiger partial charge in [0.25, 0.3) is 0 Å². The Morgan fingerprint density at radius 2 is 2.14 bits per heavy atom. The Balaban J connectivity index is 0.00000420. The monoisotopic (exact) mass is 517 g/mol. The second-order valence-electron chi connectivity index (χ2n) is 7.55. The van der Waals surface area contributed by atoms with E-state index in [-0.39, 0.29) is 29.9 Å². The van der Waals surface area contributed by atoms with Crippen LogP contribution >= 0.6 is 24.0 Å². The summed E-state index contributed by atoms with van der Waals surface area (Å²) in [5.41, 5.74) is 6.46. The zero-order valence-electron chi connectivity index (χ0n) is 17.9. The molecule has 29 heavy (non-hydrogen) atoms. The molecular formula is C21H36IN5O2. The van der Waals surface area contributed by atoms with Gasteiger partial charge in [0, 0.05) is 38.2 Å². The van der Waals surface area contributed by atoms with Gasteiger partial charge in [0.15, 0.2) is 5.96 Å². The topological polar surface area (TPSA) is 83.2 Å². The first-order valence-electron chi connectivity index (χ1n) is 10.2. The van der Waals surface area contributed by atoms with Crippen molar-refractivity contribution in [2.45, 2.75) is 32.7 Å². The number of aliphatic imine (C=N–C) groups is 1. The standard InChI is InChI=1S/C21H35N5O2.HI/c1-4-23-21(26-11-7-8-17(16-26)14-20(22)27)24-15-18-9-5-6-10-19(18)28-13-12-25(2)3;/h5-6,9-10,17H,4,7-8,11-16H2,1-3H3,(H2,22,27)(H,23,24);1H. The van der Waals surface area contributed by atoms with Crippen molar-refractivity contribution in [2.24, 2.45) is 16.6 Å². The molecule has 7 nitrogen and oxygen atoms in total. The minimum Gasteiger partial charge on any atom is -0.492 e. The van der Waals surface area contributed by atoms with Crippen molar-refractivity contribution in [1.29, 1.82) is 0 Å². The van der Waals surface area contributed by atoms with Gasteiger partial charge in [0.2, 0.25) is 5.91 Å². The van der Waals surface area contributed by atoms with Crippen LogP contribution in [0, 0.1) is 5.92 Å². The van der Waals surface area contributed by atoms with Crippen molar-refractivity contribution in [3.05, 3.63) is 29.8 Å². The number of nitrogens with zero attached hydrogens (tertiary/aromatic N) is 3. The lowest BCUT2D eigenvalue weighted by molar-refractivity contribution is -0.119. The number of likely N-dealkylation sites (tertiary alicyclic amines) is 1. The molecule has 0 radical (unpaired) electrons. The number of primary amides is 1. The molecule has 1 aromatic carbocycles. The van der Waals surface area contributed by atoms with Crippen molar-refractivity contribution >= 4 is 35.8 Å². The fourth-order valence-electron chi connectivity index (χ4n) is 3.41. The van der Waals surface area contributed by atoms with Crippen LogP contribution in [0.1, 0.15) is 31.7 Å². The first kappa shape index (κ1) is 25.5. The molecule has 1 fully saturated rings. The maximum Gasteiger partial charge on any atom is 0.217 e. The highest BCUT2D eigenvalue weighted by Crippen LogP contribution is 2.21. The van der Waals surface area contributed by atoms with E-state index in [1.54, 1.807) is 0 Å². The normalized spacial score (nSPS) is 17.0. The first-order valence-corrected chi connectivity index (χ1v) is 10.2. The molecule has 1 aliphatic heterocycles. The van der Waals surface area contributed by atoms with Gasteiger partial charge < -0.3 is 25.6 Å². The van der Waals surface area contributed by atoms with Gasteiger partial charge in [-0.25, -0.2) is 4.99 Å². The van der Waals surface area contributed by atoms with E-state index in [4.69, 9.17) is 15.5 Å². The van der Waals surface area contributed by atoms with Crippen molar-refractivity contribution in [3.8, 4) is 5.75 Å². The van der Waals surface area contributed by atoms with Crippen LogP contribution in [0.5, 0.6) is 5.75 Å². The molecular weight excluding hydrogens is 481 g/mol. The van der Waals surface area contributed by atoms with Gasteiger partial charge in [0.05, 0.1) is 6.54 Å². The maximum atomic E-state index is 11.3. The Hall–Kier alpha value is -1.55. The van der Waals surface area contributed by atoms with Gasteiger partial charge in [-0.2, -0.15) is 0 Å². The van der Waals surface area contributed by atoms with E-state index < -0.39 is 0 Å². The zero-order chi connectivity index (χ0) is 20.4. The van der Waals surface area contributed by atoms with Gasteiger partial charge in [-0.3, -0.25) is 4.79 Å². The summed E-state index contributed by atoms with van der Waals surface area (Å²) in [5.74, 6) is 1.85. The third-order valence-corrected chi connectivity index (χ3v) is 4.81. The van der Waals surface area contributed by atoms with Crippen LogP contribution in [0.25, 0.3) is 0 Å². The molecule has 0 aliphatic carbocycles. The Morgan fingerprint density at radius 3 is 2.83 bits per heavy atom. The summed E-state index contributed by atoms with van der Waals surface area (Å²) in [7, 11) is 4.07. The van der Waals surface area contributed by atoms with Gasteiger partial charge in [0.1, 0.15) is 12.4 Å². The molecule has 1 aliphatic rings. The number of hydrogen-bond donors (Lipinski definition) is 2. The van der Waals surface area contributed by atoms with Crippen molar-refractivity contribution in [1.82, 2.24) is 15.1 Å². The minimum atomic E-state index is -0.224.